The van der Waals surface area contributed by atoms with E-state index in [2.05, 4.69) is 43.4 Å². The summed E-state index contributed by atoms with van der Waals surface area (Å²) in [5.74, 6) is 0.869. The largest absolute Gasteiger partial charge is 0.382 e. The summed E-state index contributed by atoms with van der Waals surface area (Å²) in [6.07, 6.45) is 7.99. The van der Waals surface area contributed by atoms with Gasteiger partial charge in [-0.25, -0.2) is 0 Å². The van der Waals surface area contributed by atoms with Crippen molar-refractivity contribution in [3.63, 3.8) is 0 Å². The highest BCUT2D eigenvalue weighted by atomic mass is 14.9. The molecule has 0 aromatic heterocycles. The van der Waals surface area contributed by atoms with Crippen LogP contribution in [0.5, 0.6) is 0 Å². The lowest BCUT2D eigenvalue weighted by molar-refractivity contribution is 0.317. The Labute approximate surface area is 106 Å². The summed E-state index contributed by atoms with van der Waals surface area (Å²) in [6.45, 7) is 4.54. The Bertz CT molecular complexity index is 345. The average Bonchev–Trinajstić information content (AvgIpc) is 2.39. The van der Waals surface area contributed by atoms with Gasteiger partial charge >= 0.3 is 0 Å². The van der Waals surface area contributed by atoms with Crippen LogP contribution in [0.1, 0.15) is 51.5 Å². The molecule has 1 nitrogen and oxygen atoms in total. The lowest BCUT2D eigenvalue weighted by Gasteiger charge is -2.32. The van der Waals surface area contributed by atoms with E-state index in [0.29, 0.717) is 6.04 Å². The smallest absolute Gasteiger partial charge is 0.0345 e. The molecule has 2 unspecified atom stereocenters. The fraction of sp³-hybridized carbons (Fsp3) is 0.625. The Hall–Kier alpha value is -0.980. The summed E-state index contributed by atoms with van der Waals surface area (Å²) in [5.41, 5.74) is 2.74. The van der Waals surface area contributed by atoms with E-state index in [1.807, 2.05) is 0 Å². The van der Waals surface area contributed by atoms with Gasteiger partial charge in [0.15, 0.2) is 0 Å². The molecule has 17 heavy (non-hydrogen) atoms. The zero-order chi connectivity index (χ0) is 12.1. The van der Waals surface area contributed by atoms with Crippen LogP contribution in [0.15, 0.2) is 24.3 Å². The van der Waals surface area contributed by atoms with Gasteiger partial charge in [0.25, 0.3) is 0 Å². The predicted octanol–water partition coefficient (Wildman–Crippen LogP) is 4.63. The van der Waals surface area contributed by atoms with Gasteiger partial charge < -0.3 is 5.32 Å². The van der Waals surface area contributed by atoms with Crippen molar-refractivity contribution in [2.45, 2.75) is 58.4 Å². The van der Waals surface area contributed by atoms with Crippen LogP contribution in [-0.2, 0) is 6.42 Å². The van der Waals surface area contributed by atoms with E-state index >= 15 is 0 Å². The molecule has 2 rings (SSSR count). The highest BCUT2D eigenvalue weighted by Gasteiger charge is 2.23. The molecule has 0 heterocycles. The van der Waals surface area contributed by atoms with Crippen LogP contribution in [0, 0.1) is 5.92 Å². The number of aryl methyl sites for hydroxylation is 1. The van der Waals surface area contributed by atoms with Crippen molar-refractivity contribution in [3.8, 4) is 0 Å². The van der Waals surface area contributed by atoms with Gasteiger partial charge in [0.2, 0.25) is 0 Å². The molecule has 0 spiro atoms. The van der Waals surface area contributed by atoms with Crippen molar-refractivity contribution >= 4 is 5.69 Å². The number of hydrogen-bond donors (Lipinski definition) is 1. The first-order valence-corrected chi connectivity index (χ1v) is 7.19. The zero-order valence-corrected chi connectivity index (χ0v) is 11.2. The van der Waals surface area contributed by atoms with Crippen molar-refractivity contribution in [2.75, 3.05) is 5.32 Å². The second-order valence-electron chi connectivity index (χ2n) is 5.26. The van der Waals surface area contributed by atoms with Gasteiger partial charge in [-0.1, -0.05) is 45.2 Å². The molecule has 0 bridgehead atoms. The standard InChI is InChI=1S/C16H25N/c1-3-13-8-7-10-15(12-13)17-16-11-6-5-9-14(16)4-2/h7-8,10,12,14,16-17H,3-6,9,11H2,1-2H3. The first-order valence-electron chi connectivity index (χ1n) is 7.19. The number of hydrogen-bond acceptors (Lipinski definition) is 1. The number of anilines is 1. The lowest BCUT2D eigenvalue weighted by atomic mass is 9.83. The Morgan fingerprint density at radius 1 is 1.18 bits per heavy atom. The third-order valence-electron chi connectivity index (χ3n) is 4.12. The quantitative estimate of drug-likeness (QED) is 0.796. The van der Waals surface area contributed by atoms with Crippen LogP contribution in [-0.4, -0.2) is 6.04 Å². The predicted molar refractivity (Wildman–Crippen MR) is 75.5 cm³/mol. The normalized spacial score (nSPS) is 24.6. The van der Waals surface area contributed by atoms with Crippen LogP contribution in [0.3, 0.4) is 0 Å². The SMILES string of the molecule is CCc1cccc(NC2CCCCC2CC)c1. The van der Waals surface area contributed by atoms with Gasteiger partial charge in [-0.3, -0.25) is 0 Å². The second kappa shape index (κ2) is 6.09. The van der Waals surface area contributed by atoms with Crippen molar-refractivity contribution < 1.29 is 0 Å². The monoisotopic (exact) mass is 231 g/mol. The van der Waals surface area contributed by atoms with Gasteiger partial charge in [-0.15, -0.1) is 0 Å². The lowest BCUT2D eigenvalue weighted by Crippen LogP contribution is -2.31. The Morgan fingerprint density at radius 3 is 2.76 bits per heavy atom. The van der Waals surface area contributed by atoms with Gasteiger partial charge in [0.1, 0.15) is 0 Å². The fourth-order valence-corrected chi connectivity index (χ4v) is 2.98. The molecule has 0 radical (unpaired) electrons. The van der Waals surface area contributed by atoms with E-state index in [-0.39, 0.29) is 0 Å². The summed E-state index contributed by atoms with van der Waals surface area (Å²) in [7, 11) is 0. The van der Waals surface area contributed by atoms with E-state index in [1.165, 1.54) is 43.4 Å². The maximum Gasteiger partial charge on any atom is 0.0345 e. The summed E-state index contributed by atoms with van der Waals surface area (Å²) in [4.78, 5) is 0. The minimum absolute atomic E-state index is 0.695. The molecule has 94 valence electrons. The Morgan fingerprint density at radius 2 is 2.00 bits per heavy atom. The summed E-state index contributed by atoms with van der Waals surface area (Å²) >= 11 is 0. The van der Waals surface area contributed by atoms with Crippen LogP contribution >= 0.6 is 0 Å². The second-order valence-corrected chi connectivity index (χ2v) is 5.26. The molecule has 0 amide bonds. The number of rotatable bonds is 4. The van der Waals surface area contributed by atoms with Gasteiger partial charge in [-0.05, 0) is 42.9 Å². The maximum atomic E-state index is 3.76. The molecule has 1 aliphatic rings. The van der Waals surface area contributed by atoms with E-state index in [9.17, 15) is 0 Å². The van der Waals surface area contributed by atoms with Gasteiger partial charge in [0.05, 0.1) is 0 Å². The molecular weight excluding hydrogens is 206 g/mol. The minimum atomic E-state index is 0.695. The summed E-state index contributed by atoms with van der Waals surface area (Å²) in [5, 5.41) is 3.76. The van der Waals surface area contributed by atoms with Gasteiger partial charge in [-0.2, -0.15) is 0 Å². The summed E-state index contributed by atoms with van der Waals surface area (Å²) < 4.78 is 0. The van der Waals surface area contributed by atoms with E-state index in [1.54, 1.807) is 0 Å². The highest BCUT2D eigenvalue weighted by molar-refractivity contribution is 5.46. The number of nitrogens with one attached hydrogen (secondary N) is 1. The third-order valence-corrected chi connectivity index (χ3v) is 4.12. The zero-order valence-electron chi connectivity index (χ0n) is 11.2. The molecule has 1 aromatic carbocycles. The topological polar surface area (TPSA) is 12.0 Å². The van der Waals surface area contributed by atoms with Crippen molar-refractivity contribution in [3.05, 3.63) is 29.8 Å². The van der Waals surface area contributed by atoms with Crippen molar-refractivity contribution in [1.29, 1.82) is 0 Å². The highest BCUT2D eigenvalue weighted by Crippen LogP contribution is 2.29. The Balaban J connectivity index is 2.02. The Kier molecular flexibility index (Phi) is 4.47. The molecule has 1 heteroatoms. The van der Waals surface area contributed by atoms with Gasteiger partial charge in [0, 0.05) is 11.7 Å². The van der Waals surface area contributed by atoms with E-state index in [0.717, 1.165) is 12.3 Å². The van der Waals surface area contributed by atoms with Crippen LogP contribution in [0.2, 0.25) is 0 Å². The fourth-order valence-electron chi connectivity index (χ4n) is 2.98. The first kappa shape index (κ1) is 12.5. The summed E-state index contributed by atoms with van der Waals surface area (Å²) in [6, 6.07) is 9.59. The molecule has 1 N–H and O–H groups in total. The van der Waals surface area contributed by atoms with Crippen LogP contribution < -0.4 is 5.32 Å². The molecule has 1 aromatic rings. The minimum Gasteiger partial charge on any atom is -0.382 e. The van der Waals surface area contributed by atoms with Crippen LogP contribution in [0.4, 0.5) is 5.69 Å². The first-order chi connectivity index (χ1) is 8.33. The van der Waals surface area contributed by atoms with Crippen molar-refractivity contribution in [2.24, 2.45) is 5.92 Å². The average molecular weight is 231 g/mol. The molecule has 0 aliphatic heterocycles. The molecule has 1 fully saturated rings. The molecule has 1 saturated carbocycles. The van der Waals surface area contributed by atoms with E-state index in [4.69, 9.17) is 0 Å². The van der Waals surface area contributed by atoms with Crippen LogP contribution in [0.25, 0.3) is 0 Å². The third kappa shape index (κ3) is 3.24. The van der Waals surface area contributed by atoms with Crippen molar-refractivity contribution in [1.82, 2.24) is 0 Å². The van der Waals surface area contributed by atoms with E-state index < -0.39 is 0 Å². The molecule has 1 aliphatic carbocycles. The molecular formula is C16H25N. The molecule has 2 atom stereocenters. The maximum absolute atomic E-state index is 3.76. The number of benzene rings is 1. The molecule has 0 saturated heterocycles.